The van der Waals surface area contributed by atoms with E-state index in [4.69, 9.17) is 32.7 Å². The Morgan fingerprint density at radius 3 is 2.76 bits per heavy atom. The van der Waals surface area contributed by atoms with E-state index < -0.39 is 0 Å². The summed E-state index contributed by atoms with van der Waals surface area (Å²) in [6, 6.07) is 10.9. The average molecular weight is 449 g/mol. The van der Waals surface area contributed by atoms with Gasteiger partial charge in [0, 0.05) is 17.5 Å². The van der Waals surface area contributed by atoms with E-state index in [9.17, 15) is 4.79 Å². The molecule has 29 heavy (non-hydrogen) atoms. The van der Waals surface area contributed by atoms with E-state index in [0.29, 0.717) is 45.4 Å². The van der Waals surface area contributed by atoms with Gasteiger partial charge in [0.15, 0.2) is 11.5 Å². The fourth-order valence-electron chi connectivity index (χ4n) is 2.48. The first-order valence-electron chi connectivity index (χ1n) is 8.61. The lowest BCUT2D eigenvalue weighted by atomic mass is 10.2. The highest BCUT2D eigenvalue weighted by molar-refractivity contribution is 7.13. The minimum absolute atomic E-state index is 0.235. The molecule has 150 valence electrons. The molecule has 0 aliphatic rings. The molecular weight excluding hydrogens is 431 g/mol. The van der Waals surface area contributed by atoms with Gasteiger partial charge in [0.2, 0.25) is 0 Å². The van der Waals surface area contributed by atoms with Crippen LogP contribution < -0.4 is 14.8 Å². The van der Waals surface area contributed by atoms with Crippen molar-refractivity contribution in [3.05, 3.63) is 75.7 Å². The van der Waals surface area contributed by atoms with Gasteiger partial charge in [-0.2, -0.15) is 0 Å². The van der Waals surface area contributed by atoms with Crippen molar-refractivity contribution in [3.63, 3.8) is 0 Å². The molecule has 0 aliphatic heterocycles. The van der Waals surface area contributed by atoms with E-state index in [1.807, 2.05) is 24.3 Å². The van der Waals surface area contributed by atoms with E-state index in [-0.39, 0.29) is 5.91 Å². The summed E-state index contributed by atoms with van der Waals surface area (Å²) in [5.74, 6) is 0.916. The Labute approximate surface area is 182 Å². The van der Waals surface area contributed by atoms with Gasteiger partial charge in [-0.05, 0) is 35.9 Å². The van der Waals surface area contributed by atoms with Gasteiger partial charge in [-0.25, -0.2) is 4.98 Å². The minimum atomic E-state index is -0.235. The van der Waals surface area contributed by atoms with Crippen LogP contribution in [0.3, 0.4) is 0 Å². The maximum atomic E-state index is 12.0. The summed E-state index contributed by atoms with van der Waals surface area (Å²) in [5.41, 5.74) is 2.09. The van der Waals surface area contributed by atoms with Crippen LogP contribution in [-0.2, 0) is 6.61 Å². The lowest BCUT2D eigenvalue weighted by Gasteiger charge is -2.12. The lowest BCUT2D eigenvalue weighted by Crippen LogP contribution is -2.23. The number of carbonyl (C=O) groups excluding carboxylic acids is 1. The zero-order valence-corrected chi connectivity index (χ0v) is 17.9. The van der Waals surface area contributed by atoms with Gasteiger partial charge < -0.3 is 14.8 Å². The molecule has 0 atom stereocenters. The number of hydrogen-bond acceptors (Lipinski definition) is 5. The molecule has 2 aromatic carbocycles. The first-order valence-corrected chi connectivity index (χ1v) is 10.2. The van der Waals surface area contributed by atoms with E-state index in [2.05, 4.69) is 16.9 Å². The molecule has 1 heterocycles. The van der Waals surface area contributed by atoms with E-state index in [0.717, 1.165) is 11.1 Å². The van der Waals surface area contributed by atoms with Crippen LogP contribution in [0.15, 0.2) is 54.4 Å². The number of nitrogens with zero attached hydrogens (tertiary/aromatic N) is 1. The number of halogens is 2. The largest absolute Gasteiger partial charge is 0.493 e. The van der Waals surface area contributed by atoms with E-state index >= 15 is 0 Å². The molecule has 1 aromatic heterocycles. The SMILES string of the molecule is C=CCNC(=O)c1csc(-c2ccc(OCc3ccc(Cl)c(Cl)c3)c(OC)c2)n1. The number of ether oxygens (including phenoxy) is 2. The highest BCUT2D eigenvalue weighted by atomic mass is 35.5. The second-order valence-corrected chi connectivity index (χ2v) is 7.61. The zero-order chi connectivity index (χ0) is 20.8. The number of amides is 1. The summed E-state index contributed by atoms with van der Waals surface area (Å²) in [5, 5.41) is 6.11. The Hall–Kier alpha value is -2.54. The molecule has 0 spiro atoms. The Morgan fingerprint density at radius 2 is 2.03 bits per heavy atom. The Morgan fingerprint density at radius 1 is 1.21 bits per heavy atom. The van der Waals surface area contributed by atoms with Gasteiger partial charge in [0.25, 0.3) is 5.91 Å². The van der Waals surface area contributed by atoms with Crippen LogP contribution in [0.5, 0.6) is 11.5 Å². The summed E-state index contributed by atoms with van der Waals surface area (Å²) in [6.07, 6.45) is 1.62. The third-order valence-electron chi connectivity index (χ3n) is 3.93. The summed E-state index contributed by atoms with van der Waals surface area (Å²) in [4.78, 5) is 16.4. The molecule has 8 heteroatoms. The zero-order valence-electron chi connectivity index (χ0n) is 15.6. The molecule has 3 aromatic rings. The van der Waals surface area contributed by atoms with Crippen molar-refractivity contribution in [2.75, 3.05) is 13.7 Å². The predicted molar refractivity (Wildman–Crippen MR) is 117 cm³/mol. The lowest BCUT2D eigenvalue weighted by molar-refractivity contribution is 0.0954. The van der Waals surface area contributed by atoms with Crippen molar-refractivity contribution in [2.45, 2.75) is 6.61 Å². The number of nitrogens with one attached hydrogen (secondary N) is 1. The maximum absolute atomic E-state index is 12.0. The number of methoxy groups -OCH3 is 1. The topological polar surface area (TPSA) is 60.5 Å². The molecular formula is C21H18Cl2N2O3S. The molecule has 0 aliphatic carbocycles. The van der Waals surface area contributed by atoms with Gasteiger partial charge in [-0.3, -0.25) is 4.79 Å². The predicted octanol–water partition coefficient (Wildman–Crippen LogP) is 5.62. The van der Waals surface area contributed by atoms with Gasteiger partial charge in [-0.15, -0.1) is 17.9 Å². The van der Waals surface area contributed by atoms with Crippen LogP contribution in [0, 0.1) is 0 Å². The Balaban J connectivity index is 1.74. The van der Waals surface area contributed by atoms with Gasteiger partial charge >= 0.3 is 0 Å². The summed E-state index contributed by atoms with van der Waals surface area (Å²) in [6.45, 7) is 4.29. The standard InChI is InChI=1S/C21H18Cl2N2O3S/c1-3-8-24-20(26)17-12-29-21(25-17)14-5-7-18(19(10-14)27-2)28-11-13-4-6-15(22)16(23)9-13/h3-7,9-10,12H,1,8,11H2,2H3,(H,24,26). The number of benzene rings is 2. The average Bonchev–Trinajstić information content (AvgIpc) is 3.23. The molecule has 0 radical (unpaired) electrons. The highest BCUT2D eigenvalue weighted by Crippen LogP contribution is 2.34. The van der Waals surface area contributed by atoms with Crippen molar-refractivity contribution < 1.29 is 14.3 Å². The molecule has 1 N–H and O–H groups in total. The van der Waals surface area contributed by atoms with Crippen molar-refractivity contribution >= 4 is 40.4 Å². The van der Waals surface area contributed by atoms with Gasteiger partial charge in [-0.1, -0.05) is 35.3 Å². The number of rotatable bonds is 8. The first-order chi connectivity index (χ1) is 14.0. The Bertz CT molecular complexity index is 1040. The minimum Gasteiger partial charge on any atom is -0.493 e. The smallest absolute Gasteiger partial charge is 0.271 e. The Kier molecular flexibility index (Phi) is 7.14. The van der Waals surface area contributed by atoms with E-state index in [1.165, 1.54) is 11.3 Å². The monoisotopic (exact) mass is 448 g/mol. The third-order valence-corrected chi connectivity index (χ3v) is 5.56. The normalized spacial score (nSPS) is 10.4. The number of carbonyl (C=O) groups is 1. The van der Waals surface area contributed by atoms with Crippen molar-refractivity contribution in [3.8, 4) is 22.1 Å². The first kappa shape index (κ1) is 21.2. The van der Waals surface area contributed by atoms with Crippen LogP contribution in [0.1, 0.15) is 16.1 Å². The fraction of sp³-hybridized carbons (Fsp3) is 0.143. The van der Waals surface area contributed by atoms with Crippen molar-refractivity contribution in [2.24, 2.45) is 0 Å². The molecule has 5 nitrogen and oxygen atoms in total. The quantitative estimate of drug-likeness (QED) is 0.454. The second-order valence-electron chi connectivity index (χ2n) is 5.94. The van der Waals surface area contributed by atoms with Crippen LogP contribution in [0.4, 0.5) is 0 Å². The van der Waals surface area contributed by atoms with Gasteiger partial charge in [0.1, 0.15) is 17.3 Å². The number of aromatic nitrogens is 1. The molecule has 0 bridgehead atoms. The van der Waals surface area contributed by atoms with Gasteiger partial charge in [0.05, 0.1) is 17.2 Å². The fourth-order valence-corrected chi connectivity index (χ4v) is 3.59. The maximum Gasteiger partial charge on any atom is 0.271 e. The highest BCUT2D eigenvalue weighted by Gasteiger charge is 2.14. The second kappa shape index (κ2) is 9.78. The molecule has 3 rings (SSSR count). The van der Waals surface area contributed by atoms with Crippen LogP contribution in [0.25, 0.3) is 10.6 Å². The number of thiazole rings is 1. The summed E-state index contributed by atoms with van der Waals surface area (Å²) < 4.78 is 11.3. The van der Waals surface area contributed by atoms with Crippen LogP contribution in [-0.4, -0.2) is 24.5 Å². The summed E-state index contributed by atoms with van der Waals surface area (Å²) >= 11 is 13.4. The summed E-state index contributed by atoms with van der Waals surface area (Å²) in [7, 11) is 1.57. The van der Waals surface area contributed by atoms with Crippen LogP contribution in [0.2, 0.25) is 10.0 Å². The number of hydrogen-bond donors (Lipinski definition) is 1. The van der Waals surface area contributed by atoms with Crippen molar-refractivity contribution in [1.29, 1.82) is 0 Å². The molecule has 0 saturated heterocycles. The molecule has 0 unspecified atom stereocenters. The molecule has 0 saturated carbocycles. The molecule has 0 fully saturated rings. The van der Waals surface area contributed by atoms with Crippen LogP contribution >= 0.6 is 34.5 Å². The van der Waals surface area contributed by atoms with Crippen molar-refractivity contribution in [1.82, 2.24) is 10.3 Å². The molecule has 1 amide bonds. The van der Waals surface area contributed by atoms with E-state index in [1.54, 1.807) is 30.7 Å². The third kappa shape index (κ3) is 5.29.